The molecule has 1 aliphatic heterocycles. The molecular weight excluding hydrogens is 272 g/mol. The number of amides is 1. The van der Waals surface area contributed by atoms with Gasteiger partial charge in [-0.3, -0.25) is 4.79 Å². The molecule has 4 heteroatoms. The highest BCUT2D eigenvalue weighted by Crippen LogP contribution is 2.37. The molecular formula is C16H23ClN2O. The van der Waals surface area contributed by atoms with Gasteiger partial charge >= 0.3 is 0 Å². The lowest BCUT2D eigenvalue weighted by atomic mass is 9.70. The van der Waals surface area contributed by atoms with E-state index in [1.807, 2.05) is 6.07 Å². The van der Waals surface area contributed by atoms with Gasteiger partial charge in [0.2, 0.25) is 5.91 Å². The van der Waals surface area contributed by atoms with Crippen molar-refractivity contribution in [2.24, 2.45) is 0 Å². The molecule has 2 unspecified atom stereocenters. The maximum atomic E-state index is 12.7. The van der Waals surface area contributed by atoms with Crippen LogP contribution in [-0.2, 0) is 16.6 Å². The Bertz CT molecular complexity index is 485. The van der Waals surface area contributed by atoms with E-state index >= 15 is 0 Å². The standard InChI is InChI=1S/C16H22N2O.ClH/c1-16(15(19)18-13-8-10-17-11-13)9-4-6-12-5-2-3-7-14(12)16;/h2-3,5,7,13,17H,4,6,8-11H2,1H3,(H,18,19);1H. The Morgan fingerprint density at radius 1 is 1.40 bits per heavy atom. The van der Waals surface area contributed by atoms with Crippen molar-refractivity contribution in [3.8, 4) is 0 Å². The smallest absolute Gasteiger partial charge is 0.230 e. The van der Waals surface area contributed by atoms with Gasteiger partial charge in [0.1, 0.15) is 0 Å². The number of carbonyl (C=O) groups is 1. The van der Waals surface area contributed by atoms with Crippen molar-refractivity contribution in [2.75, 3.05) is 13.1 Å². The molecule has 2 N–H and O–H groups in total. The second kappa shape index (κ2) is 6.15. The van der Waals surface area contributed by atoms with E-state index in [9.17, 15) is 4.79 Å². The van der Waals surface area contributed by atoms with Gasteiger partial charge in [0, 0.05) is 12.6 Å². The molecule has 1 heterocycles. The minimum atomic E-state index is -0.350. The van der Waals surface area contributed by atoms with Crippen molar-refractivity contribution in [1.29, 1.82) is 0 Å². The Kier molecular flexibility index (Phi) is 4.71. The van der Waals surface area contributed by atoms with Gasteiger partial charge in [0.05, 0.1) is 5.41 Å². The molecule has 0 radical (unpaired) electrons. The quantitative estimate of drug-likeness (QED) is 0.878. The molecule has 0 aromatic heterocycles. The van der Waals surface area contributed by atoms with Gasteiger partial charge in [0.25, 0.3) is 0 Å². The average Bonchev–Trinajstić information content (AvgIpc) is 2.92. The number of rotatable bonds is 2. The fraction of sp³-hybridized carbons (Fsp3) is 0.562. The van der Waals surface area contributed by atoms with Crippen LogP contribution in [0.2, 0.25) is 0 Å². The van der Waals surface area contributed by atoms with Crippen LogP contribution < -0.4 is 10.6 Å². The average molecular weight is 295 g/mol. The number of aryl methyl sites for hydroxylation is 1. The summed E-state index contributed by atoms with van der Waals surface area (Å²) >= 11 is 0. The lowest BCUT2D eigenvalue weighted by Crippen LogP contribution is -2.48. The molecule has 0 spiro atoms. The predicted octanol–water partition coefficient (Wildman–Crippen LogP) is 2.18. The summed E-state index contributed by atoms with van der Waals surface area (Å²) in [5.41, 5.74) is 2.22. The van der Waals surface area contributed by atoms with Gasteiger partial charge in [-0.15, -0.1) is 12.4 Å². The highest BCUT2D eigenvalue weighted by Gasteiger charge is 2.39. The Morgan fingerprint density at radius 2 is 2.20 bits per heavy atom. The minimum Gasteiger partial charge on any atom is -0.351 e. The fourth-order valence-corrected chi connectivity index (χ4v) is 3.40. The Hall–Kier alpha value is -1.06. The summed E-state index contributed by atoms with van der Waals surface area (Å²) in [6.07, 6.45) is 4.20. The normalized spacial score (nSPS) is 28.4. The predicted molar refractivity (Wildman–Crippen MR) is 83.4 cm³/mol. The first kappa shape index (κ1) is 15.3. The zero-order valence-corrected chi connectivity index (χ0v) is 12.8. The number of hydrogen-bond donors (Lipinski definition) is 2. The van der Waals surface area contributed by atoms with Crippen molar-refractivity contribution < 1.29 is 4.79 Å². The van der Waals surface area contributed by atoms with Crippen LogP contribution in [0.4, 0.5) is 0 Å². The van der Waals surface area contributed by atoms with E-state index < -0.39 is 0 Å². The van der Waals surface area contributed by atoms with Crippen molar-refractivity contribution in [3.63, 3.8) is 0 Å². The van der Waals surface area contributed by atoms with Gasteiger partial charge in [-0.2, -0.15) is 0 Å². The molecule has 1 aliphatic carbocycles. The molecule has 1 amide bonds. The number of carbonyl (C=O) groups excluding carboxylic acids is 1. The molecule has 3 rings (SSSR count). The summed E-state index contributed by atoms with van der Waals surface area (Å²) in [5, 5.41) is 6.53. The van der Waals surface area contributed by atoms with E-state index in [1.165, 1.54) is 11.1 Å². The van der Waals surface area contributed by atoms with Crippen LogP contribution in [0.25, 0.3) is 0 Å². The molecule has 1 aromatic rings. The third kappa shape index (κ3) is 2.70. The van der Waals surface area contributed by atoms with Gasteiger partial charge in [-0.1, -0.05) is 24.3 Å². The summed E-state index contributed by atoms with van der Waals surface area (Å²) in [6.45, 7) is 4.02. The molecule has 0 saturated carbocycles. The molecule has 1 fully saturated rings. The lowest BCUT2D eigenvalue weighted by molar-refractivity contribution is -0.127. The maximum Gasteiger partial charge on any atom is 0.230 e. The van der Waals surface area contributed by atoms with Crippen LogP contribution >= 0.6 is 12.4 Å². The van der Waals surface area contributed by atoms with E-state index in [0.717, 1.165) is 38.8 Å². The van der Waals surface area contributed by atoms with Crippen molar-refractivity contribution in [3.05, 3.63) is 35.4 Å². The second-order valence-electron chi connectivity index (χ2n) is 6.01. The molecule has 20 heavy (non-hydrogen) atoms. The van der Waals surface area contributed by atoms with Crippen LogP contribution in [0.5, 0.6) is 0 Å². The molecule has 2 atom stereocenters. The summed E-state index contributed by atoms with van der Waals surface area (Å²) in [5.74, 6) is 0.202. The molecule has 2 aliphatic rings. The van der Waals surface area contributed by atoms with Gasteiger partial charge in [-0.25, -0.2) is 0 Å². The first-order valence-corrected chi connectivity index (χ1v) is 7.30. The molecule has 0 bridgehead atoms. The van der Waals surface area contributed by atoms with Crippen LogP contribution in [-0.4, -0.2) is 25.0 Å². The van der Waals surface area contributed by atoms with E-state index in [2.05, 4.69) is 35.8 Å². The second-order valence-corrected chi connectivity index (χ2v) is 6.01. The number of nitrogens with one attached hydrogen (secondary N) is 2. The Balaban J connectivity index is 0.00000147. The number of hydrogen-bond acceptors (Lipinski definition) is 2. The van der Waals surface area contributed by atoms with E-state index in [0.29, 0.717) is 6.04 Å². The monoisotopic (exact) mass is 294 g/mol. The summed E-state index contributed by atoms with van der Waals surface area (Å²) < 4.78 is 0. The fourth-order valence-electron chi connectivity index (χ4n) is 3.40. The summed E-state index contributed by atoms with van der Waals surface area (Å²) in [7, 11) is 0. The first-order chi connectivity index (χ1) is 9.20. The topological polar surface area (TPSA) is 41.1 Å². The number of benzene rings is 1. The summed E-state index contributed by atoms with van der Waals surface area (Å²) in [4.78, 5) is 12.7. The summed E-state index contributed by atoms with van der Waals surface area (Å²) in [6, 6.07) is 8.72. The van der Waals surface area contributed by atoms with Crippen LogP contribution in [0.1, 0.15) is 37.3 Å². The van der Waals surface area contributed by atoms with E-state index in [1.54, 1.807) is 0 Å². The number of halogens is 1. The molecule has 110 valence electrons. The zero-order chi connectivity index (χ0) is 13.3. The van der Waals surface area contributed by atoms with Crippen molar-refractivity contribution in [2.45, 2.75) is 44.1 Å². The minimum absolute atomic E-state index is 0. The Morgan fingerprint density at radius 3 is 2.95 bits per heavy atom. The van der Waals surface area contributed by atoms with Crippen LogP contribution in [0.3, 0.4) is 0 Å². The van der Waals surface area contributed by atoms with E-state index in [4.69, 9.17) is 0 Å². The highest BCUT2D eigenvalue weighted by atomic mass is 35.5. The third-order valence-corrected chi connectivity index (χ3v) is 4.63. The first-order valence-electron chi connectivity index (χ1n) is 7.30. The van der Waals surface area contributed by atoms with Crippen molar-refractivity contribution >= 4 is 18.3 Å². The van der Waals surface area contributed by atoms with Gasteiger partial charge in [0.15, 0.2) is 0 Å². The van der Waals surface area contributed by atoms with Crippen molar-refractivity contribution in [1.82, 2.24) is 10.6 Å². The number of fused-ring (bicyclic) bond motifs is 1. The zero-order valence-electron chi connectivity index (χ0n) is 11.9. The maximum absolute atomic E-state index is 12.7. The third-order valence-electron chi connectivity index (χ3n) is 4.63. The van der Waals surface area contributed by atoms with Gasteiger partial charge < -0.3 is 10.6 Å². The molecule has 1 saturated heterocycles. The molecule has 3 nitrogen and oxygen atoms in total. The lowest BCUT2D eigenvalue weighted by Gasteiger charge is -2.35. The van der Waals surface area contributed by atoms with Crippen LogP contribution in [0, 0.1) is 0 Å². The Labute approximate surface area is 126 Å². The highest BCUT2D eigenvalue weighted by molar-refractivity contribution is 5.88. The van der Waals surface area contributed by atoms with Gasteiger partial charge in [-0.05, 0) is 50.3 Å². The SMILES string of the molecule is CC1(C(=O)NC2CCNC2)CCCc2ccccc21.Cl. The van der Waals surface area contributed by atoms with E-state index in [-0.39, 0.29) is 23.7 Å². The largest absolute Gasteiger partial charge is 0.351 e. The van der Waals surface area contributed by atoms with Crippen LogP contribution in [0.15, 0.2) is 24.3 Å². The molecule has 1 aromatic carbocycles.